The van der Waals surface area contributed by atoms with E-state index in [2.05, 4.69) is 5.32 Å². The number of hydrogen-bond donors (Lipinski definition) is 2. The predicted octanol–water partition coefficient (Wildman–Crippen LogP) is 2.31. The van der Waals surface area contributed by atoms with Gasteiger partial charge in [0.1, 0.15) is 0 Å². The Morgan fingerprint density at radius 3 is 2.72 bits per heavy atom. The number of nitrogens with one attached hydrogen (secondary N) is 1. The number of nitrogens with two attached hydrogens (primary N) is 1. The molecule has 3 heteroatoms. The fraction of sp³-hybridized carbons (Fsp3) is 0.267. The third kappa shape index (κ3) is 2.68. The summed E-state index contributed by atoms with van der Waals surface area (Å²) in [6, 6.07) is 13.6. The first kappa shape index (κ1) is 12.6. The molecule has 3 nitrogen and oxygen atoms in total. The molecule has 0 heterocycles. The minimum absolute atomic E-state index is 0.0175. The Morgan fingerprint density at radius 1 is 1.22 bits per heavy atom. The molecule has 1 unspecified atom stereocenters. The summed E-state index contributed by atoms with van der Waals surface area (Å²) in [7, 11) is 0. The number of carbonyl (C=O) groups is 1. The largest absolute Gasteiger partial charge is 0.350 e. The van der Waals surface area contributed by atoms with Crippen LogP contribution in [0, 0.1) is 0 Å². The fourth-order valence-corrected chi connectivity index (χ4v) is 1.89. The molecule has 1 amide bonds. The molecule has 3 N–H and O–H groups in total. The van der Waals surface area contributed by atoms with Crippen LogP contribution < -0.4 is 11.1 Å². The predicted molar refractivity (Wildman–Crippen MR) is 74.5 cm³/mol. The first-order chi connectivity index (χ1) is 8.72. The molecule has 0 aliphatic rings. The Hall–Kier alpha value is -1.87. The van der Waals surface area contributed by atoms with E-state index in [1.165, 1.54) is 0 Å². The standard InChI is InChI=1S/C15H18N2O/c1-2-12(16)10-17-15(18)14-9-5-7-11-6-3-4-8-13(11)14/h3-9,12H,2,10,16H2,1H3,(H,17,18). The molecule has 2 aromatic carbocycles. The van der Waals surface area contributed by atoms with Crippen LogP contribution in [0.15, 0.2) is 42.5 Å². The van der Waals surface area contributed by atoms with Crippen LogP contribution in [0.4, 0.5) is 0 Å². The quantitative estimate of drug-likeness (QED) is 0.864. The SMILES string of the molecule is CCC(N)CNC(=O)c1cccc2ccccc12. The van der Waals surface area contributed by atoms with Crippen LogP contribution in [-0.4, -0.2) is 18.5 Å². The molecule has 1 atom stereocenters. The summed E-state index contributed by atoms with van der Waals surface area (Å²) in [6.07, 6.45) is 0.857. The molecule has 2 rings (SSSR count). The highest BCUT2D eigenvalue weighted by molar-refractivity contribution is 6.06. The molecule has 0 radical (unpaired) electrons. The van der Waals surface area contributed by atoms with E-state index in [4.69, 9.17) is 5.73 Å². The van der Waals surface area contributed by atoms with Crippen LogP contribution >= 0.6 is 0 Å². The van der Waals surface area contributed by atoms with Gasteiger partial charge in [-0.3, -0.25) is 4.79 Å². The first-order valence-corrected chi connectivity index (χ1v) is 6.24. The van der Waals surface area contributed by atoms with Crippen molar-refractivity contribution in [1.29, 1.82) is 0 Å². The molecule has 2 aromatic rings. The molecule has 0 aliphatic carbocycles. The number of rotatable bonds is 4. The van der Waals surface area contributed by atoms with Gasteiger partial charge in [-0.05, 0) is 23.3 Å². The van der Waals surface area contributed by atoms with Crippen molar-refractivity contribution >= 4 is 16.7 Å². The van der Waals surface area contributed by atoms with Gasteiger partial charge in [0.25, 0.3) is 5.91 Å². The Kier molecular flexibility index (Phi) is 3.95. The van der Waals surface area contributed by atoms with Crippen LogP contribution in [0.2, 0.25) is 0 Å². The van der Waals surface area contributed by atoms with Crippen LogP contribution in [0.1, 0.15) is 23.7 Å². The van der Waals surface area contributed by atoms with Crippen molar-refractivity contribution < 1.29 is 4.79 Å². The Labute approximate surface area is 107 Å². The Balaban J connectivity index is 2.22. The van der Waals surface area contributed by atoms with Crippen LogP contribution in [0.5, 0.6) is 0 Å². The second-order valence-corrected chi connectivity index (χ2v) is 4.41. The number of benzene rings is 2. The minimum atomic E-state index is -0.0595. The van der Waals surface area contributed by atoms with E-state index >= 15 is 0 Å². The zero-order valence-corrected chi connectivity index (χ0v) is 10.5. The molecule has 0 bridgehead atoms. The fourth-order valence-electron chi connectivity index (χ4n) is 1.89. The summed E-state index contributed by atoms with van der Waals surface area (Å²) < 4.78 is 0. The van der Waals surface area contributed by atoms with E-state index in [9.17, 15) is 4.79 Å². The van der Waals surface area contributed by atoms with E-state index in [-0.39, 0.29) is 11.9 Å². The van der Waals surface area contributed by atoms with Gasteiger partial charge in [0.05, 0.1) is 0 Å². The smallest absolute Gasteiger partial charge is 0.251 e. The van der Waals surface area contributed by atoms with Crippen LogP contribution in [0.25, 0.3) is 10.8 Å². The Bertz CT molecular complexity index is 546. The molecule has 0 spiro atoms. The molecule has 0 aliphatic heterocycles. The highest BCUT2D eigenvalue weighted by atomic mass is 16.1. The van der Waals surface area contributed by atoms with Gasteiger partial charge in [-0.1, -0.05) is 43.3 Å². The molecular weight excluding hydrogens is 224 g/mol. The van der Waals surface area contributed by atoms with Gasteiger partial charge in [-0.2, -0.15) is 0 Å². The van der Waals surface area contributed by atoms with Crippen molar-refractivity contribution in [2.75, 3.05) is 6.54 Å². The molecule has 0 saturated carbocycles. The summed E-state index contributed by atoms with van der Waals surface area (Å²) in [5.74, 6) is -0.0595. The number of carbonyl (C=O) groups excluding carboxylic acids is 1. The van der Waals surface area contributed by atoms with E-state index < -0.39 is 0 Å². The van der Waals surface area contributed by atoms with Gasteiger partial charge in [0, 0.05) is 18.2 Å². The van der Waals surface area contributed by atoms with E-state index in [1.54, 1.807) is 0 Å². The molecular formula is C15H18N2O. The monoisotopic (exact) mass is 242 g/mol. The maximum atomic E-state index is 12.1. The molecule has 94 valence electrons. The lowest BCUT2D eigenvalue weighted by molar-refractivity contribution is 0.0952. The lowest BCUT2D eigenvalue weighted by Crippen LogP contribution is -2.36. The zero-order valence-electron chi connectivity index (χ0n) is 10.5. The van der Waals surface area contributed by atoms with Gasteiger partial charge < -0.3 is 11.1 Å². The molecule has 0 fully saturated rings. The second kappa shape index (κ2) is 5.65. The van der Waals surface area contributed by atoms with Gasteiger partial charge in [0.15, 0.2) is 0 Å². The first-order valence-electron chi connectivity index (χ1n) is 6.24. The summed E-state index contributed by atoms with van der Waals surface area (Å²) in [6.45, 7) is 2.52. The third-order valence-electron chi connectivity index (χ3n) is 3.08. The Morgan fingerprint density at radius 2 is 1.94 bits per heavy atom. The second-order valence-electron chi connectivity index (χ2n) is 4.41. The number of fused-ring (bicyclic) bond motifs is 1. The van der Waals surface area contributed by atoms with Crippen molar-refractivity contribution in [3.05, 3.63) is 48.0 Å². The van der Waals surface area contributed by atoms with Crippen molar-refractivity contribution in [1.82, 2.24) is 5.32 Å². The van der Waals surface area contributed by atoms with E-state index in [0.29, 0.717) is 12.1 Å². The van der Waals surface area contributed by atoms with Gasteiger partial charge in [-0.15, -0.1) is 0 Å². The number of amides is 1. The van der Waals surface area contributed by atoms with Gasteiger partial charge in [0.2, 0.25) is 0 Å². The lowest BCUT2D eigenvalue weighted by Gasteiger charge is -2.11. The summed E-state index contributed by atoms with van der Waals surface area (Å²) >= 11 is 0. The normalized spacial score (nSPS) is 12.3. The zero-order chi connectivity index (χ0) is 13.0. The van der Waals surface area contributed by atoms with Crippen molar-refractivity contribution in [2.45, 2.75) is 19.4 Å². The summed E-state index contributed by atoms with van der Waals surface area (Å²) in [4.78, 5) is 12.1. The third-order valence-corrected chi connectivity index (χ3v) is 3.08. The van der Waals surface area contributed by atoms with E-state index in [0.717, 1.165) is 17.2 Å². The van der Waals surface area contributed by atoms with Crippen molar-refractivity contribution in [3.8, 4) is 0 Å². The van der Waals surface area contributed by atoms with Gasteiger partial charge >= 0.3 is 0 Å². The van der Waals surface area contributed by atoms with Crippen molar-refractivity contribution in [3.63, 3.8) is 0 Å². The molecule has 0 aromatic heterocycles. The van der Waals surface area contributed by atoms with Gasteiger partial charge in [-0.25, -0.2) is 0 Å². The maximum absolute atomic E-state index is 12.1. The molecule has 0 saturated heterocycles. The maximum Gasteiger partial charge on any atom is 0.251 e. The van der Waals surface area contributed by atoms with Crippen LogP contribution in [0.3, 0.4) is 0 Å². The minimum Gasteiger partial charge on any atom is -0.350 e. The summed E-state index contributed by atoms with van der Waals surface area (Å²) in [5.41, 5.74) is 6.50. The van der Waals surface area contributed by atoms with Crippen LogP contribution in [-0.2, 0) is 0 Å². The number of hydrogen-bond acceptors (Lipinski definition) is 2. The highest BCUT2D eigenvalue weighted by Crippen LogP contribution is 2.18. The summed E-state index contributed by atoms with van der Waals surface area (Å²) in [5, 5.41) is 4.93. The lowest BCUT2D eigenvalue weighted by atomic mass is 10.0. The van der Waals surface area contributed by atoms with E-state index in [1.807, 2.05) is 49.4 Å². The van der Waals surface area contributed by atoms with Crippen molar-refractivity contribution in [2.24, 2.45) is 5.73 Å². The average Bonchev–Trinajstić information content (AvgIpc) is 2.43. The topological polar surface area (TPSA) is 55.1 Å². The average molecular weight is 242 g/mol. The highest BCUT2D eigenvalue weighted by Gasteiger charge is 2.10. The molecule has 18 heavy (non-hydrogen) atoms.